The van der Waals surface area contributed by atoms with Crippen LogP contribution in [0.3, 0.4) is 0 Å². The quantitative estimate of drug-likeness (QED) is 0.398. The first-order chi connectivity index (χ1) is 14.7. The smallest absolute Gasteiger partial charge is 0.251 e. The standard InChI is InChI=1S/C23H28N6O/c1-3-25-22(30)20-7-4-6-19(16-20)17-27-23(24-2)26-14-12-18-8-10-21(11-9-18)29-15-5-13-28-29/h4-11,13,15-16H,3,12,14,17H2,1-2H3,(H,25,30)(H2,24,26,27). The largest absolute Gasteiger partial charge is 0.356 e. The number of carbonyl (C=O) groups is 1. The molecule has 1 heterocycles. The molecule has 0 unspecified atom stereocenters. The Morgan fingerprint density at radius 2 is 1.87 bits per heavy atom. The van der Waals surface area contributed by atoms with Crippen LogP contribution >= 0.6 is 0 Å². The summed E-state index contributed by atoms with van der Waals surface area (Å²) < 4.78 is 1.84. The second-order valence-corrected chi connectivity index (χ2v) is 6.78. The first kappa shape index (κ1) is 21.1. The molecule has 3 aromatic rings. The predicted octanol–water partition coefficient (Wildman–Crippen LogP) is 2.53. The molecule has 156 valence electrons. The maximum atomic E-state index is 12.0. The molecule has 7 nitrogen and oxygen atoms in total. The molecular formula is C23H28N6O. The summed E-state index contributed by atoms with van der Waals surface area (Å²) in [6.45, 7) is 3.88. The molecule has 1 amide bonds. The lowest BCUT2D eigenvalue weighted by atomic mass is 10.1. The van der Waals surface area contributed by atoms with Gasteiger partial charge in [-0.25, -0.2) is 4.68 Å². The van der Waals surface area contributed by atoms with Gasteiger partial charge in [-0.1, -0.05) is 24.3 Å². The highest BCUT2D eigenvalue weighted by molar-refractivity contribution is 5.94. The van der Waals surface area contributed by atoms with Crippen molar-refractivity contribution < 1.29 is 4.79 Å². The highest BCUT2D eigenvalue weighted by Gasteiger charge is 2.05. The number of aromatic nitrogens is 2. The Kier molecular flexibility index (Phi) is 7.60. The fourth-order valence-electron chi connectivity index (χ4n) is 3.05. The van der Waals surface area contributed by atoms with E-state index in [4.69, 9.17) is 0 Å². The van der Waals surface area contributed by atoms with Crippen LogP contribution in [-0.4, -0.2) is 41.8 Å². The number of rotatable bonds is 8. The van der Waals surface area contributed by atoms with Gasteiger partial charge in [-0.05, 0) is 54.8 Å². The first-order valence-electron chi connectivity index (χ1n) is 10.1. The SMILES string of the molecule is CCNC(=O)c1cccc(CNC(=NC)NCCc2ccc(-n3cccn3)cc2)c1. The van der Waals surface area contributed by atoms with Gasteiger partial charge in [0.15, 0.2) is 5.96 Å². The van der Waals surface area contributed by atoms with E-state index in [-0.39, 0.29) is 5.91 Å². The van der Waals surface area contributed by atoms with Gasteiger partial charge in [0.1, 0.15) is 0 Å². The van der Waals surface area contributed by atoms with E-state index in [1.54, 1.807) is 13.2 Å². The topological polar surface area (TPSA) is 83.3 Å². The summed E-state index contributed by atoms with van der Waals surface area (Å²) in [4.78, 5) is 16.3. The van der Waals surface area contributed by atoms with Gasteiger partial charge in [0, 0.05) is 44.6 Å². The lowest BCUT2D eigenvalue weighted by Gasteiger charge is -2.13. The van der Waals surface area contributed by atoms with Crippen molar-refractivity contribution in [2.75, 3.05) is 20.1 Å². The molecule has 0 aliphatic heterocycles. The molecule has 0 spiro atoms. The van der Waals surface area contributed by atoms with Crippen LogP contribution in [0.15, 0.2) is 72.0 Å². The number of hydrogen-bond donors (Lipinski definition) is 3. The van der Waals surface area contributed by atoms with Gasteiger partial charge in [-0.15, -0.1) is 0 Å². The fraction of sp³-hybridized carbons (Fsp3) is 0.261. The highest BCUT2D eigenvalue weighted by atomic mass is 16.1. The maximum Gasteiger partial charge on any atom is 0.251 e. The van der Waals surface area contributed by atoms with E-state index in [0.717, 1.165) is 30.2 Å². The molecule has 0 aliphatic rings. The van der Waals surface area contributed by atoms with Crippen LogP contribution in [0.1, 0.15) is 28.4 Å². The average molecular weight is 405 g/mol. The number of hydrogen-bond acceptors (Lipinski definition) is 3. The lowest BCUT2D eigenvalue weighted by Crippen LogP contribution is -2.37. The van der Waals surface area contributed by atoms with Crippen LogP contribution < -0.4 is 16.0 Å². The van der Waals surface area contributed by atoms with E-state index in [1.807, 2.05) is 48.1 Å². The van der Waals surface area contributed by atoms with Crippen molar-refractivity contribution in [3.63, 3.8) is 0 Å². The molecule has 0 bridgehead atoms. The van der Waals surface area contributed by atoms with Gasteiger partial charge in [0.2, 0.25) is 0 Å². The molecule has 0 saturated heterocycles. The summed E-state index contributed by atoms with van der Waals surface area (Å²) >= 11 is 0. The molecule has 0 aliphatic carbocycles. The average Bonchev–Trinajstić information content (AvgIpc) is 3.32. The first-order valence-corrected chi connectivity index (χ1v) is 10.1. The third-order valence-corrected chi connectivity index (χ3v) is 4.62. The molecule has 3 rings (SSSR count). The van der Waals surface area contributed by atoms with E-state index >= 15 is 0 Å². The number of aliphatic imine (C=N–C) groups is 1. The van der Waals surface area contributed by atoms with E-state index in [1.165, 1.54) is 5.56 Å². The molecule has 3 N–H and O–H groups in total. The molecule has 0 fully saturated rings. The number of guanidine groups is 1. The minimum Gasteiger partial charge on any atom is -0.356 e. The number of nitrogens with one attached hydrogen (secondary N) is 3. The third kappa shape index (κ3) is 5.94. The van der Waals surface area contributed by atoms with Gasteiger partial charge >= 0.3 is 0 Å². The third-order valence-electron chi connectivity index (χ3n) is 4.62. The Hall–Kier alpha value is -3.61. The summed E-state index contributed by atoms with van der Waals surface area (Å²) in [5.41, 5.74) is 3.97. The maximum absolute atomic E-state index is 12.0. The molecular weight excluding hydrogens is 376 g/mol. The summed E-state index contributed by atoms with van der Waals surface area (Å²) in [5.74, 6) is 0.673. The second kappa shape index (κ2) is 10.8. The molecule has 1 aromatic heterocycles. The Morgan fingerprint density at radius 1 is 1.03 bits per heavy atom. The van der Waals surface area contributed by atoms with Crippen LogP contribution in [0.2, 0.25) is 0 Å². The number of benzene rings is 2. The van der Waals surface area contributed by atoms with Gasteiger partial charge in [0.25, 0.3) is 5.91 Å². The van der Waals surface area contributed by atoms with E-state index in [9.17, 15) is 4.79 Å². The molecule has 0 saturated carbocycles. The van der Waals surface area contributed by atoms with Crippen molar-refractivity contribution in [1.82, 2.24) is 25.7 Å². The Balaban J connectivity index is 1.46. The number of amides is 1. The van der Waals surface area contributed by atoms with Crippen LogP contribution in [0, 0.1) is 0 Å². The lowest BCUT2D eigenvalue weighted by molar-refractivity contribution is 0.0955. The fourth-order valence-corrected chi connectivity index (χ4v) is 3.05. The zero-order valence-electron chi connectivity index (χ0n) is 17.4. The van der Waals surface area contributed by atoms with Crippen molar-refractivity contribution in [1.29, 1.82) is 0 Å². The zero-order valence-corrected chi connectivity index (χ0v) is 17.4. The van der Waals surface area contributed by atoms with Crippen molar-refractivity contribution >= 4 is 11.9 Å². The van der Waals surface area contributed by atoms with Crippen LogP contribution in [-0.2, 0) is 13.0 Å². The summed E-state index contributed by atoms with van der Waals surface area (Å²) in [6, 6.07) is 17.9. The minimum absolute atomic E-state index is 0.0552. The molecule has 7 heteroatoms. The Morgan fingerprint density at radius 3 is 2.57 bits per heavy atom. The minimum atomic E-state index is -0.0552. The summed E-state index contributed by atoms with van der Waals surface area (Å²) in [7, 11) is 1.75. The van der Waals surface area contributed by atoms with E-state index in [0.29, 0.717) is 18.7 Å². The molecule has 2 aromatic carbocycles. The van der Waals surface area contributed by atoms with Crippen molar-refractivity contribution in [3.8, 4) is 5.69 Å². The van der Waals surface area contributed by atoms with Crippen molar-refractivity contribution in [2.24, 2.45) is 4.99 Å². The molecule has 30 heavy (non-hydrogen) atoms. The molecule has 0 atom stereocenters. The van der Waals surface area contributed by atoms with Gasteiger partial charge in [-0.2, -0.15) is 5.10 Å². The van der Waals surface area contributed by atoms with Gasteiger partial charge in [0.05, 0.1) is 5.69 Å². The van der Waals surface area contributed by atoms with E-state index in [2.05, 4.69) is 50.3 Å². The normalized spacial score (nSPS) is 11.2. The van der Waals surface area contributed by atoms with Crippen molar-refractivity contribution in [3.05, 3.63) is 83.7 Å². The van der Waals surface area contributed by atoms with Gasteiger partial charge in [-0.3, -0.25) is 9.79 Å². The number of nitrogens with zero attached hydrogens (tertiary/aromatic N) is 3. The highest BCUT2D eigenvalue weighted by Crippen LogP contribution is 2.09. The monoisotopic (exact) mass is 404 g/mol. The summed E-state index contributed by atoms with van der Waals surface area (Å²) in [5, 5.41) is 13.7. The Bertz CT molecular complexity index is 964. The zero-order chi connectivity index (χ0) is 21.2. The predicted molar refractivity (Wildman–Crippen MR) is 120 cm³/mol. The van der Waals surface area contributed by atoms with Crippen LogP contribution in [0.5, 0.6) is 0 Å². The van der Waals surface area contributed by atoms with Crippen LogP contribution in [0.25, 0.3) is 5.69 Å². The number of carbonyl (C=O) groups excluding carboxylic acids is 1. The van der Waals surface area contributed by atoms with E-state index < -0.39 is 0 Å². The van der Waals surface area contributed by atoms with Crippen LogP contribution in [0.4, 0.5) is 0 Å². The summed E-state index contributed by atoms with van der Waals surface area (Å²) in [6.07, 6.45) is 4.58. The van der Waals surface area contributed by atoms with Crippen molar-refractivity contribution in [2.45, 2.75) is 19.9 Å². The van der Waals surface area contributed by atoms with Gasteiger partial charge < -0.3 is 16.0 Å². The molecule has 0 radical (unpaired) electrons. The second-order valence-electron chi connectivity index (χ2n) is 6.78. The Labute approximate surface area is 177 Å².